The van der Waals surface area contributed by atoms with E-state index in [1.807, 2.05) is 19.6 Å². The van der Waals surface area contributed by atoms with Crippen molar-refractivity contribution < 1.29 is 31.4 Å². The van der Waals surface area contributed by atoms with Crippen LogP contribution in [0.25, 0.3) is 0 Å². The molecule has 0 aliphatic heterocycles. The van der Waals surface area contributed by atoms with Crippen LogP contribution in [0, 0.1) is 11.5 Å². The highest BCUT2D eigenvalue weighted by atomic mass is 28.3. The molecule has 0 spiro atoms. The predicted octanol–water partition coefficient (Wildman–Crippen LogP) is 6.23. The molecule has 28 heavy (non-hydrogen) atoms. The van der Waals surface area contributed by atoms with Gasteiger partial charge in [-0.2, -0.15) is 26.3 Å². The van der Waals surface area contributed by atoms with E-state index in [0.717, 1.165) is 0 Å². The Balaban J connectivity index is 3.92. The van der Waals surface area contributed by atoms with Gasteiger partial charge in [-0.15, -0.1) is 12.1 Å². The molecule has 9 heteroatoms. The maximum atomic E-state index is 13.3. The number of benzene rings is 1. The topological polar surface area (TPSA) is 20.2 Å². The fourth-order valence-corrected chi connectivity index (χ4v) is 5.61. The molecular formula is C19H24F6OSi2. The molecular weight excluding hydrogens is 414 g/mol. The molecule has 1 aromatic carbocycles. The van der Waals surface area contributed by atoms with E-state index in [4.69, 9.17) is 0 Å². The van der Waals surface area contributed by atoms with E-state index < -0.39 is 50.4 Å². The summed E-state index contributed by atoms with van der Waals surface area (Å²) in [5.74, 6) is 2.68. The quantitative estimate of drug-likeness (QED) is 0.256. The molecule has 0 radical (unpaired) electrons. The Morgan fingerprint density at radius 2 is 1.29 bits per heavy atom. The lowest BCUT2D eigenvalue weighted by atomic mass is 10.0. The molecule has 1 N–H and O–H groups in total. The number of hydrogen-bond donors (Lipinski definition) is 1. The van der Waals surface area contributed by atoms with E-state index >= 15 is 0 Å². The van der Waals surface area contributed by atoms with Gasteiger partial charge < -0.3 is 5.11 Å². The van der Waals surface area contributed by atoms with Crippen molar-refractivity contribution in [2.75, 3.05) is 0 Å². The maximum Gasteiger partial charge on any atom is 0.416 e. The Hall–Kier alpha value is -1.51. The molecule has 0 amide bonds. The third kappa shape index (κ3) is 5.75. The van der Waals surface area contributed by atoms with Gasteiger partial charge in [-0.1, -0.05) is 44.7 Å². The van der Waals surface area contributed by atoms with Crippen molar-refractivity contribution in [2.45, 2.75) is 56.4 Å². The van der Waals surface area contributed by atoms with Crippen LogP contribution < -0.4 is 0 Å². The van der Waals surface area contributed by atoms with Crippen LogP contribution in [0.4, 0.5) is 26.3 Å². The first-order chi connectivity index (χ1) is 12.3. The Kier molecular flexibility index (Phi) is 6.77. The van der Waals surface area contributed by atoms with E-state index in [9.17, 15) is 31.4 Å². The van der Waals surface area contributed by atoms with E-state index in [2.05, 4.69) is 18.0 Å². The maximum absolute atomic E-state index is 13.3. The smallest absolute Gasteiger partial charge is 0.377 e. The molecule has 0 fully saturated rings. The monoisotopic (exact) mass is 438 g/mol. The summed E-state index contributed by atoms with van der Waals surface area (Å²) in [7, 11) is -4.98. The van der Waals surface area contributed by atoms with Gasteiger partial charge in [0.1, 0.15) is 21.4 Å². The second-order valence-electron chi connectivity index (χ2n) is 8.38. The highest BCUT2D eigenvalue weighted by molar-refractivity contribution is 6.84. The second-order valence-corrected chi connectivity index (χ2v) is 18.0. The lowest BCUT2D eigenvalue weighted by molar-refractivity contribution is -0.143. The molecule has 0 bridgehead atoms. The van der Waals surface area contributed by atoms with Crippen molar-refractivity contribution >= 4 is 16.1 Å². The molecule has 0 aromatic heterocycles. The van der Waals surface area contributed by atoms with Crippen LogP contribution in [0.3, 0.4) is 0 Å². The largest absolute Gasteiger partial charge is 0.416 e. The molecule has 156 valence electrons. The second kappa shape index (κ2) is 7.73. The van der Waals surface area contributed by atoms with Crippen molar-refractivity contribution in [2.24, 2.45) is 0 Å². The predicted molar refractivity (Wildman–Crippen MR) is 104 cm³/mol. The molecule has 0 saturated heterocycles. The van der Waals surface area contributed by atoms with Gasteiger partial charge in [-0.05, 0) is 29.8 Å². The fraction of sp³-hybridized carbons (Fsp3) is 0.474. The van der Waals surface area contributed by atoms with Crippen LogP contribution in [0.1, 0.15) is 16.7 Å². The van der Waals surface area contributed by atoms with Crippen molar-refractivity contribution in [3.8, 4) is 11.5 Å². The summed E-state index contributed by atoms with van der Waals surface area (Å²) in [6.45, 7) is 12.5. The van der Waals surface area contributed by atoms with Crippen molar-refractivity contribution in [1.82, 2.24) is 0 Å². The Labute approximate surface area is 163 Å². The fourth-order valence-electron chi connectivity index (χ4n) is 2.58. The van der Waals surface area contributed by atoms with Gasteiger partial charge >= 0.3 is 12.4 Å². The molecule has 1 aromatic rings. The summed E-state index contributed by atoms with van der Waals surface area (Å²) in [5.41, 5.74) is -0.482. The van der Waals surface area contributed by atoms with Crippen molar-refractivity contribution in [3.05, 3.63) is 47.5 Å². The lowest BCUT2D eigenvalue weighted by Gasteiger charge is -2.38. The normalized spacial score (nSPS) is 15.4. The van der Waals surface area contributed by atoms with Crippen LogP contribution in [0.2, 0.25) is 38.8 Å². The number of rotatable bonds is 4. The lowest BCUT2D eigenvalue weighted by Crippen LogP contribution is -2.51. The molecule has 0 aliphatic rings. The van der Waals surface area contributed by atoms with Crippen LogP contribution in [0.15, 0.2) is 30.9 Å². The molecule has 0 aliphatic carbocycles. The van der Waals surface area contributed by atoms with Gasteiger partial charge in [0.05, 0.1) is 11.1 Å². The average molecular weight is 439 g/mol. The number of hydrogen-bond acceptors (Lipinski definition) is 1. The first kappa shape index (κ1) is 24.5. The molecule has 1 unspecified atom stereocenters. The third-order valence-electron chi connectivity index (χ3n) is 4.26. The minimum Gasteiger partial charge on any atom is -0.377 e. The molecule has 0 saturated carbocycles. The van der Waals surface area contributed by atoms with Crippen LogP contribution in [-0.4, -0.2) is 21.3 Å². The van der Waals surface area contributed by atoms with Gasteiger partial charge in [0, 0.05) is 0 Å². The zero-order valence-electron chi connectivity index (χ0n) is 16.4. The first-order valence-electron chi connectivity index (χ1n) is 8.51. The summed E-state index contributed by atoms with van der Waals surface area (Å²) in [5, 5.41) is 9.32. The van der Waals surface area contributed by atoms with E-state index in [0.29, 0.717) is 12.1 Å². The molecule has 0 heterocycles. The first-order valence-corrected chi connectivity index (χ1v) is 15.2. The van der Waals surface area contributed by atoms with Crippen LogP contribution >= 0.6 is 0 Å². The molecule has 1 nitrogen and oxygen atoms in total. The van der Waals surface area contributed by atoms with Gasteiger partial charge in [0.2, 0.25) is 0 Å². The van der Waals surface area contributed by atoms with Crippen LogP contribution in [-0.2, 0) is 17.6 Å². The van der Waals surface area contributed by atoms with E-state index in [1.54, 1.807) is 13.1 Å². The number of aliphatic hydroxyl groups is 1. The van der Waals surface area contributed by atoms with Gasteiger partial charge in [0.15, 0.2) is 0 Å². The number of allylic oxidation sites excluding steroid dienone is 1. The summed E-state index contributed by atoms with van der Waals surface area (Å²) in [4.78, 5) is 0. The van der Waals surface area contributed by atoms with Crippen molar-refractivity contribution in [1.29, 1.82) is 0 Å². The Morgan fingerprint density at radius 1 is 0.893 bits per heavy atom. The highest BCUT2D eigenvalue weighted by Gasteiger charge is 2.47. The summed E-state index contributed by atoms with van der Waals surface area (Å²) in [6.07, 6.45) is -8.48. The SMILES string of the molecule is C=CC[Si](C)(C)C(O)(C#C[Si](C)(C)C)c1cc(C(F)(F)F)cc(C(F)(F)F)c1. The minimum absolute atomic E-state index is 0.0535. The van der Waals surface area contributed by atoms with E-state index in [-0.39, 0.29) is 12.1 Å². The third-order valence-corrected chi connectivity index (χ3v) is 8.81. The average Bonchev–Trinajstić information content (AvgIpc) is 2.49. The van der Waals surface area contributed by atoms with Crippen molar-refractivity contribution in [3.63, 3.8) is 0 Å². The van der Waals surface area contributed by atoms with Crippen LogP contribution in [0.5, 0.6) is 0 Å². The number of halogens is 6. The number of alkyl halides is 6. The van der Waals surface area contributed by atoms with Gasteiger partial charge in [-0.3, -0.25) is 0 Å². The zero-order valence-corrected chi connectivity index (χ0v) is 18.4. The molecule has 1 atom stereocenters. The highest BCUT2D eigenvalue weighted by Crippen LogP contribution is 2.41. The van der Waals surface area contributed by atoms with Gasteiger partial charge in [0.25, 0.3) is 0 Å². The molecule has 1 rings (SSSR count). The Morgan fingerprint density at radius 3 is 1.61 bits per heavy atom. The summed E-state index contributed by atoms with van der Waals surface area (Å²) < 4.78 is 79.6. The standard InChI is InChI=1S/C19H24F6OSi2/c1-7-9-28(5,6)17(26,8-10-27(2,3)4)14-11-15(18(20,21)22)13-16(12-14)19(23,24)25/h7,11-13,26H,1,9H2,2-6H3. The van der Waals surface area contributed by atoms with Gasteiger partial charge in [-0.25, -0.2) is 0 Å². The minimum atomic E-state index is -4.99. The Bertz CT molecular complexity index is 762. The summed E-state index contributed by atoms with van der Waals surface area (Å²) >= 11 is 0. The van der Waals surface area contributed by atoms with E-state index in [1.165, 1.54) is 6.08 Å². The zero-order chi connectivity index (χ0) is 22.2. The summed E-state index contributed by atoms with van der Waals surface area (Å²) in [6, 6.07) is 1.47.